The summed E-state index contributed by atoms with van der Waals surface area (Å²) in [5.41, 5.74) is 3.91. The molecule has 0 N–H and O–H groups in total. The first-order valence-electron chi connectivity index (χ1n) is 7.01. The van der Waals surface area contributed by atoms with Crippen LogP contribution in [0.3, 0.4) is 0 Å². The molecular formula is C18H15BrN2O. The second kappa shape index (κ2) is 6.28. The van der Waals surface area contributed by atoms with Crippen LogP contribution in [0.4, 0.5) is 0 Å². The van der Waals surface area contributed by atoms with Crippen LogP contribution >= 0.6 is 15.9 Å². The van der Waals surface area contributed by atoms with E-state index < -0.39 is 0 Å². The van der Waals surface area contributed by atoms with Crippen LogP contribution in [0.15, 0.2) is 69.9 Å². The van der Waals surface area contributed by atoms with E-state index in [-0.39, 0.29) is 5.56 Å². The fraction of sp³-hybridized carbons (Fsp3) is 0.111. The summed E-state index contributed by atoms with van der Waals surface area (Å²) < 4.78 is 2.49. The van der Waals surface area contributed by atoms with Gasteiger partial charge in [0.25, 0.3) is 5.56 Å². The van der Waals surface area contributed by atoms with E-state index in [9.17, 15) is 4.79 Å². The molecule has 0 radical (unpaired) electrons. The number of rotatable bonds is 3. The lowest BCUT2D eigenvalue weighted by Gasteiger charge is -2.08. The topological polar surface area (TPSA) is 34.9 Å². The van der Waals surface area contributed by atoms with E-state index in [2.05, 4.69) is 27.1 Å². The normalized spacial score (nSPS) is 10.6. The number of nitrogens with zero attached hydrogens (tertiary/aromatic N) is 2. The summed E-state index contributed by atoms with van der Waals surface area (Å²) in [4.78, 5) is 12.1. The van der Waals surface area contributed by atoms with E-state index in [4.69, 9.17) is 0 Å². The van der Waals surface area contributed by atoms with Crippen LogP contribution in [0.5, 0.6) is 0 Å². The second-order valence-electron chi connectivity index (χ2n) is 5.21. The zero-order valence-corrected chi connectivity index (χ0v) is 13.7. The van der Waals surface area contributed by atoms with Crippen LogP contribution in [-0.2, 0) is 6.54 Å². The lowest BCUT2D eigenvalue weighted by molar-refractivity contribution is 0.642. The Kier molecular flexibility index (Phi) is 4.20. The van der Waals surface area contributed by atoms with Crippen molar-refractivity contribution in [2.75, 3.05) is 0 Å². The predicted molar refractivity (Wildman–Crippen MR) is 91.9 cm³/mol. The Morgan fingerprint density at radius 2 is 1.86 bits per heavy atom. The highest BCUT2D eigenvalue weighted by Gasteiger charge is 2.05. The second-order valence-corrected chi connectivity index (χ2v) is 6.13. The van der Waals surface area contributed by atoms with E-state index in [1.807, 2.05) is 49.4 Å². The molecule has 0 aliphatic rings. The van der Waals surface area contributed by atoms with Crippen molar-refractivity contribution in [3.63, 3.8) is 0 Å². The minimum Gasteiger partial charge on any atom is -0.268 e. The van der Waals surface area contributed by atoms with Gasteiger partial charge in [0.1, 0.15) is 0 Å². The maximum atomic E-state index is 12.1. The Bertz CT molecular complexity index is 871. The number of aromatic nitrogens is 2. The molecule has 0 amide bonds. The van der Waals surface area contributed by atoms with Gasteiger partial charge in [0.05, 0.1) is 12.2 Å². The van der Waals surface area contributed by atoms with Gasteiger partial charge in [-0.05, 0) is 30.7 Å². The average molecular weight is 355 g/mol. The highest BCUT2D eigenvalue weighted by molar-refractivity contribution is 9.10. The van der Waals surface area contributed by atoms with Gasteiger partial charge in [-0.15, -0.1) is 0 Å². The van der Waals surface area contributed by atoms with Crippen molar-refractivity contribution in [3.8, 4) is 11.3 Å². The molecule has 1 aromatic heterocycles. The molecule has 110 valence electrons. The van der Waals surface area contributed by atoms with Gasteiger partial charge in [-0.3, -0.25) is 4.79 Å². The number of benzene rings is 2. The van der Waals surface area contributed by atoms with Crippen molar-refractivity contribution < 1.29 is 0 Å². The summed E-state index contributed by atoms with van der Waals surface area (Å²) in [6.45, 7) is 2.51. The van der Waals surface area contributed by atoms with Gasteiger partial charge in [0.2, 0.25) is 0 Å². The smallest absolute Gasteiger partial charge is 0.267 e. The molecule has 1 heterocycles. The lowest BCUT2D eigenvalue weighted by Crippen LogP contribution is -2.22. The molecule has 0 saturated carbocycles. The molecular weight excluding hydrogens is 340 g/mol. The molecule has 0 unspecified atom stereocenters. The molecule has 22 heavy (non-hydrogen) atoms. The molecule has 0 aliphatic heterocycles. The minimum absolute atomic E-state index is 0.0970. The van der Waals surface area contributed by atoms with Crippen molar-refractivity contribution >= 4 is 15.9 Å². The largest absolute Gasteiger partial charge is 0.268 e. The fourth-order valence-corrected chi connectivity index (χ4v) is 2.75. The molecule has 0 fully saturated rings. The van der Waals surface area contributed by atoms with Crippen LogP contribution in [0.1, 0.15) is 11.1 Å². The van der Waals surface area contributed by atoms with Crippen molar-refractivity contribution in [3.05, 3.63) is 86.6 Å². The molecule has 0 spiro atoms. The third kappa shape index (κ3) is 3.34. The van der Waals surface area contributed by atoms with E-state index in [1.165, 1.54) is 10.2 Å². The van der Waals surface area contributed by atoms with Crippen LogP contribution < -0.4 is 5.56 Å². The summed E-state index contributed by atoms with van der Waals surface area (Å²) in [5, 5.41) is 4.49. The van der Waals surface area contributed by atoms with Crippen LogP contribution in [-0.4, -0.2) is 9.78 Å². The SMILES string of the molecule is Cc1cccc(Cn2nc(-c3cccc(Br)c3)ccc2=O)c1. The molecule has 0 aliphatic carbocycles. The van der Waals surface area contributed by atoms with Gasteiger partial charge >= 0.3 is 0 Å². The fourth-order valence-electron chi connectivity index (χ4n) is 2.35. The monoisotopic (exact) mass is 354 g/mol. The summed E-state index contributed by atoms with van der Waals surface area (Å²) in [6, 6.07) is 19.3. The highest BCUT2D eigenvalue weighted by atomic mass is 79.9. The maximum Gasteiger partial charge on any atom is 0.267 e. The summed E-state index contributed by atoms with van der Waals surface area (Å²) >= 11 is 3.46. The third-order valence-corrected chi connectivity index (χ3v) is 3.90. The van der Waals surface area contributed by atoms with E-state index in [0.717, 1.165) is 21.3 Å². The van der Waals surface area contributed by atoms with Crippen molar-refractivity contribution in [2.45, 2.75) is 13.5 Å². The molecule has 0 bridgehead atoms. The molecule has 4 heteroatoms. The van der Waals surface area contributed by atoms with Gasteiger partial charge in [0, 0.05) is 16.1 Å². The highest BCUT2D eigenvalue weighted by Crippen LogP contribution is 2.20. The number of aryl methyl sites for hydroxylation is 1. The molecule has 3 aromatic rings. The molecule has 3 rings (SSSR count). The number of hydrogen-bond donors (Lipinski definition) is 0. The lowest BCUT2D eigenvalue weighted by atomic mass is 10.1. The summed E-state index contributed by atoms with van der Waals surface area (Å²) in [7, 11) is 0. The van der Waals surface area contributed by atoms with Gasteiger partial charge in [-0.25, -0.2) is 4.68 Å². The molecule has 3 nitrogen and oxygen atoms in total. The van der Waals surface area contributed by atoms with Crippen molar-refractivity contribution in [1.82, 2.24) is 9.78 Å². The average Bonchev–Trinajstić information content (AvgIpc) is 2.49. The van der Waals surface area contributed by atoms with Gasteiger partial charge in [-0.1, -0.05) is 57.9 Å². The first-order chi connectivity index (χ1) is 10.6. The van der Waals surface area contributed by atoms with Gasteiger partial charge < -0.3 is 0 Å². The van der Waals surface area contributed by atoms with E-state index in [0.29, 0.717) is 6.54 Å². The number of hydrogen-bond acceptors (Lipinski definition) is 2. The zero-order valence-electron chi connectivity index (χ0n) is 12.2. The quantitative estimate of drug-likeness (QED) is 0.711. The Labute approximate surface area is 137 Å². The van der Waals surface area contributed by atoms with Gasteiger partial charge in [-0.2, -0.15) is 5.10 Å². The Hall–Kier alpha value is -2.20. The van der Waals surface area contributed by atoms with Crippen LogP contribution in [0.2, 0.25) is 0 Å². The van der Waals surface area contributed by atoms with Crippen molar-refractivity contribution in [2.24, 2.45) is 0 Å². The predicted octanol–water partition coefficient (Wildman–Crippen LogP) is 4.03. The maximum absolute atomic E-state index is 12.1. The molecule has 0 atom stereocenters. The zero-order chi connectivity index (χ0) is 15.5. The van der Waals surface area contributed by atoms with Crippen LogP contribution in [0.25, 0.3) is 11.3 Å². The van der Waals surface area contributed by atoms with E-state index in [1.54, 1.807) is 12.1 Å². The molecule has 0 saturated heterocycles. The van der Waals surface area contributed by atoms with E-state index >= 15 is 0 Å². The minimum atomic E-state index is -0.0970. The van der Waals surface area contributed by atoms with Gasteiger partial charge in [0.15, 0.2) is 0 Å². The Morgan fingerprint density at radius 1 is 1.05 bits per heavy atom. The Balaban J connectivity index is 1.98. The Morgan fingerprint density at radius 3 is 2.64 bits per heavy atom. The summed E-state index contributed by atoms with van der Waals surface area (Å²) in [6.07, 6.45) is 0. The summed E-state index contributed by atoms with van der Waals surface area (Å²) in [5.74, 6) is 0. The van der Waals surface area contributed by atoms with Crippen molar-refractivity contribution in [1.29, 1.82) is 0 Å². The number of halogens is 1. The molecule has 2 aromatic carbocycles. The van der Waals surface area contributed by atoms with Crippen LogP contribution in [0, 0.1) is 6.92 Å². The first kappa shape index (κ1) is 14.7. The third-order valence-electron chi connectivity index (χ3n) is 3.40. The first-order valence-corrected chi connectivity index (χ1v) is 7.81. The standard InChI is InChI=1S/C18H15BrN2O/c1-13-4-2-5-14(10-13)12-21-18(22)9-8-17(20-21)15-6-3-7-16(19)11-15/h2-11H,12H2,1H3.